The number of carbonyl (C=O) groups is 2. The summed E-state index contributed by atoms with van der Waals surface area (Å²) in [6, 6.07) is 5.05. The molecule has 2 aromatic rings. The third-order valence-corrected chi connectivity index (χ3v) is 3.42. The fourth-order valence-electron chi connectivity index (χ4n) is 2.30. The molecule has 0 bridgehead atoms. The van der Waals surface area contributed by atoms with Gasteiger partial charge in [0.05, 0.1) is 20.3 Å². The summed E-state index contributed by atoms with van der Waals surface area (Å²) in [4.78, 5) is 27.4. The van der Waals surface area contributed by atoms with Gasteiger partial charge >= 0.3 is 11.9 Å². The van der Waals surface area contributed by atoms with Crippen LogP contribution in [0.5, 0.6) is 5.75 Å². The number of hydrogen-bond donors (Lipinski definition) is 2. The first-order valence-corrected chi connectivity index (χ1v) is 7.21. The number of carbonyl (C=O) groups excluding carboxylic acids is 2. The highest BCUT2D eigenvalue weighted by molar-refractivity contribution is 6.07. The van der Waals surface area contributed by atoms with Gasteiger partial charge in [0, 0.05) is 22.7 Å². The third kappa shape index (κ3) is 2.87. The van der Waals surface area contributed by atoms with E-state index in [1.165, 1.54) is 13.3 Å². The van der Waals surface area contributed by atoms with Gasteiger partial charge in [0.2, 0.25) is 0 Å². The Labute approximate surface area is 133 Å². The van der Waals surface area contributed by atoms with E-state index >= 15 is 0 Å². The zero-order valence-electron chi connectivity index (χ0n) is 13.2. The molecule has 0 saturated carbocycles. The van der Waals surface area contributed by atoms with E-state index in [0.29, 0.717) is 16.7 Å². The molecule has 7 heteroatoms. The average Bonchev–Trinajstić information content (AvgIpc) is 2.97. The highest BCUT2D eigenvalue weighted by Crippen LogP contribution is 2.33. The normalized spacial score (nSPS) is 11.3. The molecule has 0 radical (unpaired) electrons. The Balaban J connectivity index is 2.63. The van der Waals surface area contributed by atoms with Gasteiger partial charge in [-0.15, -0.1) is 0 Å². The number of rotatable bonds is 6. The van der Waals surface area contributed by atoms with E-state index in [2.05, 4.69) is 4.98 Å². The fraction of sp³-hybridized carbons (Fsp3) is 0.375. The molecule has 2 rings (SSSR count). The molecule has 1 heterocycles. The minimum Gasteiger partial charge on any atom is -0.497 e. The Kier molecular flexibility index (Phi) is 4.90. The first kappa shape index (κ1) is 16.8. The van der Waals surface area contributed by atoms with Gasteiger partial charge in [-0.25, -0.2) is 9.59 Å². The summed E-state index contributed by atoms with van der Waals surface area (Å²) in [6.07, 6.45) is 1.39. The first-order chi connectivity index (χ1) is 11.0. The maximum absolute atomic E-state index is 12.3. The second-order valence-corrected chi connectivity index (χ2v) is 4.77. The van der Waals surface area contributed by atoms with Crippen molar-refractivity contribution in [3.05, 3.63) is 30.0 Å². The van der Waals surface area contributed by atoms with Crippen molar-refractivity contribution in [1.29, 1.82) is 0 Å². The number of aromatic nitrogens is 1. The number of methoxy groups -OCH3 is 1. The molecule has 0 fully saturated rings. The van der Waals surface area contributed by atoms with E-state index in [-0.39, 0.29) is 18.8 Å². The second-order valence-electron chi connectivity index (χ2n) is 4.77. The van der Waals surface area contributed by atoms with Crippen molar-refractivity contribution in [2.75, 3.05) is 20.3 Å². The van der Waals surface area contributed by atoms with Crippen LogP contribution < -0.4 is 4.74 Å². The Hall–Kier alpha value is -2.54. The van der Waals surface area contributed by atoms with Gasteiger partial charge in [0.15, 0.2) is 0 Å². The first-order valence-electron chi connectivity index (χ1n) is 7.21. The molecule has 0 aliphatic heterocycles. The zero-order chi connectivity index (χ0) is 17.0. The van der Waals surface area contributed by atoms with E-state index in [1.54, 1.807) is 32.0 Å². The Morgan fingerprint density at radius 1 is 1.17 bits per heavy atom. The van der Waals surface area contributed by atoms with Crippen LogP contribution in [-0.4, -0.2) is 42.4 Å². The maximum Gasteiger partial charge on any atom is 0.355 e. The van der Waals surface area contributed by atoms with Gasteiger partial charge < -0.3 is 24.3 Å². The van der Waals surface area contributed by atoms with Crippen LogP contribution in [0.25, 0.3) is 10.9 Å². The molecular formula is C16H19NO6. The van der Waals surface area contributed by atoms with Gasteiger partial charge in [-0.1, -0.05) is 0 Å². The molecule has 0 aliphatic carbocycles. The summed E-state index contributed by atoms with van der Waals surface area (Å²) in [5.41, 5.74) is -1.85. The van der Waals surface area contributed by atoms with Crippen LogP contribution >= 0.6 is 0 Å². The summed E-state index contributed by atoms with van der Waals surface area (Å²) < 4.78 is 14.9. The fourth-order valence-corrected chi connectivity index (χ4v) is 2.30. The average molecular weight is 321 g/mol. The van der Waals surface area contributed by atoms with Gasteiger partial charge in [-0.2, -0.15) is 0 Å². The molecule has 1 aromatic carbocycles. The molecule has 2 N–H and O–H groups in total. The molecule has 23 heavy (non-hydrogen) atoms. The molecular weight excluding hydrogens is 302 g/mol. The van der Waals surface area contributed by atoms with Crippen LogP contribution in [0.2, 0.25) is 0 Å². The predicted octanol–water partition coefficient (Wildman–Crippen LogP) is 1.49. The van der Waals surface area contributed by atoms with Gasteiger partial charge in [-0.3, -0.25) is 0 Å². The van der Waals surface area contributed by atoms with E-state index in [0.717, 1.165) is 0 Å². The zero-order valence-corrected chi connectivity index (χ0v) is 13.2. The number of H-pyrrole nitrogens is 1. The lowest BCUT2D eigenvalue weighted by molar-refractivity contribution is -0.184. The van der Waals surface area contributed by atoms with Gasteiger partial charge in [-0.05, 0) is 32.0 Å². The molecule has 0 unspecified atom stereocenters. The molecule has 0 saturated heterocycles. The quantitative estimate of drug-likeness (QED) is 0.618. The maximum atomic E-state index is 12.3. The summed E-state index contributed by atoms with van der Waals surface area (Å²) in [5, 5.41) is 11.3. The van der Waals surface area contributed by atoms with Crippen LogP contribution in [0.15, 0.2) is 24.4 Å². The van der Waals surface area contributed by atoms with Crippen molar-refractivity contribution in [2.45, 2.75) is 19.4 Å². The third-order valence-electron chi connectivity index (χ3n) is 3.42. The number of ether oxygens (including phenoxy) is 3. The molecule has 0 atom stereocenters. The number of aliphatic hydroxyl groups is 1. The number of fused-ring (bicyclic) bond motifs is 1. The van der Waals surface area contributed by atoms with Crippen molar-refractivity contribution in [2.24, 2.45) is 0 Å². The lowest BCUT2D eigenvalue weighted by Crippen LogP contribution is -2.46. The highest BCUT2D eigenvalue weighted by Gasteiger charge is 2.50. The van der Waals surface area contributed by atoms with Crippen LogP contribution in [0.1, 0.15) is 19.4 Å². The number of hydrogen-bond acceptors (Lipinski definition) is 6. The Morgan fingerprint density at radius 2 is 1.78 bits per heavy atom. The van der Waals surface area contributed by atoms with Crippen molar-refractivity contribution in [3.8, 4) is 5.75 Å². The Morgan fingerprint density at radius 3 is 2.30 bits per heavy atom. The standard InChI is InChI=1S/C16H19NO6/c1-4-22-14(18)16(20,15(19)23-5-2)12-9-17-13-7-6-10(21-3)8-11(12)13/h6-9,17,20H,4-5H2,1-3H3. The second kappa shape index (κ2) is 6.70. The van der Waals surface area contributed by atoms with Crippen molar-refractivity contribution in [1.82, 2.24) is 4.98 Å². The van der Waals surface area contributed by atoms with Crippen LogP contribution in [0.4, 0.5) is 0 Å². The van der Waals surface area contributed by atoms with Crippen molar-refractivity contribution in [3.63, 3.8) is 0 Å². The molecule has 7 nitrogen and oxygen atoms in total. The molecule has 0 spiro atoms. The SMILES string of the molecule is CCOC(=O)C(O)(C(=O)OCC)c1c[nH]c2ccc(OC)cc12. The summed E-state index contributed by atoms with van der Waals surface area (Å²) in [6.45, 7) is 3.21. The summed E-state index contributed by atoms with van der Waals surface area (Å²) in [7, 11) is 1.50. The monoisotopic (exact) mass is 321 g/mol. The molecule has 124 valence electrons. The van der Waals surface area contributed by atoms with E-state index in [4.69, 9.17) is 14.2 Å². The molecule has 0 amide bonds. The number of esters is 2. The summed E-state index contributed by atoms with van der Waals surface area (Å²) in [5.74, 6) is -1.64. The topological polar surface area (TPSA) is 97.9 Å². The largest absolute Gasteiger partial charge is 0.497 e. The van der Waals surface area contributed by atoms with Crippen molar-refractivity contribution >= 4 is 22.8 Å². The predicted molar refractivity (Wildman–Crippen MR) is 82.0 cm³/mol. The minimum absolute atomic E-state index is 0.0201. The van der Waals surface area contributed by atoms with Gasteiger partial charge in [0.25, 0.3) is 5.60 Å². The van der Waals surface area contributed by atoms with Crippen molar-refractivity contribution < 1.29 is 28.9 Å². The Bertz CT molecular complexity index is 702. The van der Waals surface area contributed by atoms with E-state index < -0.39 is 17.5 Å². The number of aromatic amines is 1. The summed E-state index contributed by atoms with van der Waals surface area (Å²) >= 11 is 0. The number of nitrogens with one attached hydrogen (secondary N) is 1. The lowest BCUT2D eigenvalue weighted by atomic mass is 9.93. The lowest BCUT2D eigenvalue weighted by Gasteiger charge is -2.23. The smallest absolute Gasteiger partial charge is 0.355 e. The van der Waals surface area contributed by atoms with Gasteiger partial charge in [0.1, 0.15) is 5.75 Å². The van der Waals surface area contributed by atoms with E-state index in [9.17, 15) is 14.7 Å². The molecule has 1 aromatic heterocycles. The number of benzene rings is 1. The minimum atomic E-state index is -2.55. The van der Waals surface area contributed by atoms with Crippen LogP contribution in [0.3, 0.4) is 0 Å². The van der Waals surface area contributed by atoms with Crippen LogP contribution in [0, 0.1) is 0 Å². The van der Waals surface area contributed by atoms with E-state index in [1.807, 2.05) is 0 Å². The highest BCUT2D eigenvalue weighted by atomic mass is 16.6. The van der Waals surface area contributed by atoms with Crippen LogP contribution in [-0.2, 0) is 24.7 Å². The molecule has 0 aliphatic rings.